The summed E-state index contributed by atoms with van der Waals surface area (Å²) in [5, 5.41) is 0. The van der Waals surface area contributed by atoms with Gasteiger partial charge in [0.05, 0.1) is 12.9 Å². The molecule has 0 aliphatic rings. The minimum absolute atomic E-state index is 0.770. The molecule has 0 aliphatic carbocycles. The average Bonchev–Trinajstić information content (AvgIpc) is 2.10. The van der Waals surface area contributed by atoms with E-state index in [0.717, 1.165) is 19.4 Å². The quantitative estimate of drug-likeness (QED) is 0.320. The first-order valence-corrected chi connectivity index (χ1v) is 4.83. The second kappa shape index (κ2) is 10.3. The summed E-state index contributed by atoms with van der Waals surface area (Å²) in [6.07, 6.45) is 13.0. The Labute approximate surface area is 76.1 Å². The summed E-state index contributed by atoms with van der Waals surface area (Å²) in [5.74, 6) is 0. The SMILES string of the molecule is CC/C=C/CCC/C=C/OCC. The molecule has 0 heterocycles. The number of rotatable bonds is 7. The van der Waals surface area contributed by atoms with Gasteiger partial charge in [-0.1, -0.05) is 19.1 Å². The van der Waals surface area contributed by atoms with Crippen molar-refractivity contribution < 1.29 is 4.74 Å². The smallest absolute Gasteiger partial charge is 0.0845 e. The first-order valence-electron chi connectivity index (χ1n) is 4.83. The highest BCUT2D eigenvalue weighted by atomic mass is 16.5. The molecule has 0 unspecified atom stereocenters. The molecular formula is C11H20O. The zero-order valence-electron chi connectivity index (χ0n) is 8.25. The molecule has 0 aliphatic heterocycles. The van der Waals surface area contributed by atoms with Crippen LogP contribution in [0.5, 0.6) is 0 Å². The Kier molecular flexibility index (Phi) is 9.66. The standard InChI is InChI=1S/C11H20O/c1-3-5-6-7-8-9-10-11-12-4-2/h5-6,10-11H,3-4,7-9H2,1-2H3/b6-5+,11-10+. The molecule has 70 valence electrons. The fourth-order valence-corrected chi connectivity index (χ4v) is 0.870. The van der Waals surface area contributed by atoms with Gasteiger partial charge in [-0.05, 0) is 38.7 Å². The molecule has 0 spiro atoms. The van der Waals surface area contributed by atoms with Crippen LogP contribution in [0.25, 0.3) is 0 Å². The third-order valence-electron chi connectivity index (χ3n) is 1.50. The fourth-order valence-electron chi connectivity index (χ4n) is 0.870. The molecule has 1 nitrogen and oxygen atoms in total. The number of ether oxygens (including phenoxy) is 1. The van der Waals surface area contributed by atoms with Crippen molar-refractivity contribution in [2.24, 2.45) is 0 Å². The van der Waals surface area contributed by atoms with Crippen LogP contribution in [-0.4, -0.2) is 6.61 Å². The zero-order valence-corrected chi connectivity index (χ0v) is 8.25. The van der Waals surface area contributed by atoms with E-state index in [9.17, 15) is 0 Å². The predicted molar refractivity (Wildman–Crippen MR) is 54.0 cm³/mol. The molecule has 0 aromatic heterocycles. The van der Waals surface area contributed by atoms with Crippen LogP contribution < -0.4 is 0 Å². The van der Waals surface area contributed by atoms with Gasteiger partial charge in [-0.15, -0.1) is 0 Å². The monoisotopic (exact) mass is 168 g/mol. The van der Waals surface area contributed by atoms with E-state index in [0.29, 0.717) is 0 Å². The van der Waals surface area contributed by atoms with Gasteiger partial charge in [-0.2, -0.15) is 0 Å². The van der Waals surface area contributed by atoms with E-state index >= 15 is 0 Å². The summed E-state index contributed by atoms with van der Waals surface area (Å²) in [4.78, 5) is 0. The third kappa shape index (κ3) is 9.28. The molecule has 12 heavy (non-hydrogen) atoms. The van der Waals surface area contributed by atoms with E-state index in [1.165, 1.54) is 12.8 Å². The molecule has 0 aromatic carbocycles. The van der Waals surface area contributed by atoms with Gasteiger partial charge < -0.3 is 4.74 Å². The van der Waals surface area contributed by atoms with Crippen LogP contribution in [0.3, 0.4) is 0 Å². The van der Waals surface area contributed by atoms with Crippen molar-refractivity contribution in [3.8, 4) is 0 Å². The highest BCUT2D eigenvalue weighted by molar-refractivity contribution is 4.82. The summed E-state index contributed by atoms with van der Waals surface area (Å²) < 4.78 is 5.06. The summed E-state index contributed by atoms with van der Waals surface area (Å²) in [7, 11) is 0. The van der Waals surface area contributed by atoms with E-state index in [4.69, 9.17) is 4.74 Å². The molecule has 0 aromatic rings. The Morgan fingerprint density at radius 1 is 1.00 bits per heavy atom. The minimum atomic E-state index is 0.770. The lowest BCUT2D eigenvalue weighted by Crippen LogP contribution is -1.76. The van der Waals surface area contributed by atoms with E-state index in [2.05, 4.69) is 25.2 Å². The van der Waals surface area contributed by atoms with Gasteiger partial charge >= 0.3 is 0 Å². The highest BCUT2D eigenvalue weighted by Crippen LogP contribution is 1.98. The third-order valence-corrected chi connectivity index (χ3v) is 1.50. The first-order chi connectivity index (χ1) is 5.91. The molecule has 0 bridgehead atoms. The van der Waals surface area contributed by atoms with E-state index in [1.54, 1.807) is 6.26 Å². The predicted octanol–water partition coefficient (Wildman–Crippen LogP) is 3.67. The van der Waals surface area contributed by atoms with Gasteiger partial charge in [-0.25, -0.2) is 0 Å². The Morgan fingerprint density at radius 2 is 1.75 bits per heavy atom. The maximum Gasteiger partial charge on any atom is 0.0845 e. The van der Waals surface area contributed by atoms with Crippen LogP contribution in [0.2, 0.25) is 0 Å². The second-order valence-corrected chi connectivity index (χ2v) is 2.64. The van der Waals surface area contributed by atoms with Gasteiger partial charge in [0.2, 0.25) is 0 Å². The van der Waals surface area contributed by atoms with Gasteiger partial charge in [0.25, 0.3) is 0 Å². The molecule has 1 heteroatoms. The number of hydrogen-bond acceptors (Lipinski definition) is 1. The van der Waals surface area contributed by atoms with Gasteiger partial charge in [0.1, 0.15) is 0 Å². The Morgan fingerprint density at radius 3 is 2.42 bits per heavy atom. The molecule has 0 radical (unpaired) electrons. The lowest BCUT2D eigenvalue weighted by molar-refractivity contribution is 0.268. The van der Waals surface area contributed by atoms with Crippen molar-refractivity contribution in [2.45, 2.75) is 39.5 Å². The largest absolute Gasteiger partial charge is 0.502 e. The van der Waals surface area contributed by atoms with Gasteiger partial charge in [0.15, 0.2) is 0 Å². The summed E-state index contributed by atoms with van der Waals surface area (Å²) in [5.41, 5.74) is 0. The van der Waals surface area contributed by atoms with Crippen molar-refractivity contribution in [1.29, 1.82) is 0 Å². The molecular weight excluding hydrogens is 148 g/mol. The average molecular weight is 168 g/mol. The van der Waals surface area contributed by atoms with Crippen molar-refractivity contribution in [3.05, 3.63) is 24.5 Å². The van der Waals surface area contributed by atoms with Crippen LogP contribution in [-0.2, 0) is 4.74 Å². The van der Waals surface area contributed by atoms with Crippen molar-refractivity contribution in [1.82, 2.24) is 0 Å². The van der Waals surface area contributed by atoms with Crippen molar-refractivity contribution in [2.75, 3.05) is 6.61 Å². The zero-order chi connectivity index (χ0) is 9.07. The van der Waals surface area contributed by atoms with Gasteiger partial charge in [0, 0.05) is 0 Å². The first kappa shape index (κ1) is 11.3. The fraction of sp³-hybridized carbons (Fsp3) is 0.636. The van der Waals surface area contributed by atoms with Crippen LogP contribution in [0.4, 0.5) is 0 Å². The molecule has 0 rings (SSSR count). The lowest BCUT2D eigenvalue weighted by Gasteiger charge is -1.92. The minimum Gasteiger partial charge on any atom is -0.502 e. The van der Waals surface area contributed by atoms with E-state index in [1.807, 2.05) is 6.92 Å². The van der Waals surface area contributed by atoms with Crippen LogP contribution in [0.1, 0.15) is 39.5 Å². The van der Waals surface area contributed by atoms with Crippen LogP contribution >= 0.6 is 0 Å². The Hall–Kier alpha value is -0.720. The summed E-state index contributed by atoms with van der Waals surface area (Å²) >= 11 is 0. The number of unbranched alkanes of at least 4 members (excludes halogenated alkanes) is 2. The number of allylic oxidation sites excluding steroid dienone is 3. The summed E-state index contributed by atoms with van der Waals surface area (Å²) in [6.45, 7) is 4.92. The lowest BCUT2D eigenvalue weighted by atomic mass is 10.2. The van der Waals surface area contributed by atoms with E-state index < -0.39 is 0 Å². The summed E-state index contributed by atoms with van der Waals surface area (Å²) in [6, 6.07) is 0. The second-order valence-electron chi connectivity index (χ2n) is 2.64. The maximum atomic E-state index is 5.06. The molecule has 0 N–H and O–H groups in total. The van der Waals surface area contributed by atoms with E-state index in [-0.39, 0.29) is 0 Å². The maximum absolute atomic E-state index is 5.06. The molecule has 0 amide bonds. The normalized spacial score (nSPS) is 11.5. The van der Waals surface area contributed by atoms with Crippen LogP contribution in [0, 0.1) is 0 Å². The van der Waals surface area contributed by atoms with Crippen molar-refractivity contribution >= 4 is 0 Å². The molecule has 0 saturated carbocycles. The number of hydrogen-bond donors (Lipinski definition) is 0. The molecule has 0 atom stereocenters. The molecule has 0 fully saturated rings. The Bertz CT molecular complexity index is 125. The highest BCUT2D eigenvalue weighted by Gasteiger charge is 1.79. The van der Waals surface area contributed by atoms with Crippen LogP contribution in [0.15, 0.2) is 24.5 Å². The van der Waals surface area contributed by atoms with Gasteiger partial charge in [-0.3, -0.25) is 0 Å². The Balaban J connectivity index is 3.04. The topological polar surface area (TPSA) is 9.23 Å². The molecule has 0 saturated heterocycles. The van der Waals surface area contributed by atoms with Crippen molar-refractivity contribution in [3.63, 3.8) is 0 Å².